The monoisotopic (exact) mass is 616 g/mol. The molecular weight excluding hydrogens is 577 g/mol. The number of amides is 2. The summed E-state index contributed by atoms with van der Waals surface area (Å²) in [6.45, 7) is 4.35. The molecule has 44 heavy (non-hydrogen) atoms. The van der Waals surface area contributed by atoms with Crippen molar-refractivity contribution in [2.75, 3.05) is 33.4 Å². The van der Waals surface area contributed by atoms with Gasteiger partial charge in [0, 0.05) is 37.5 Å². The number of aromatic hydroxyl groups is 1. The second kappa shape index (κ2) is 14.1. The Morgan fingerprint density at radius 3 is 2.55 bits per heavy atom. The predicted molar refractivity (Wildman–Crippen MR) is 157 cm³/mol. The van der Waals surface area contributed by atoms with Crippen LogP contribution in [-0.2, 0) is 32.8 Å². The molecule has 2 aromatic carbocycles. The largest absolute Gasteiger partial charge is 0.508 e. The molecule has 0 saturated carbocycles. The third kappa shape index (κ3) is 7.53. The zero-order valence-corrected chi connectivity index (χ0v) is 25.2. The maximum atomic E-state index is 14.1. The molecule has 1 aliphatic heterocycles. The molecule has 1 aliphatic rings. The van der Waals surface area contributed by atoms with Crippen molar-refractivity contribution in [2.45, 2.75) is 63.8 Å². The van der Waals surface area contributed by atoms with Crippen LogP contribution in [-0.4, -0.2) is 82.3 Å². The summed E-state index contributed by atoms with van der Waals surface area (Å²) in [6, 6.07) is 10.5. The number of nitrogens with one attached hydrogen (secondary N) is 1. The summed E-state index contributed by atoms with van der Waals surface area (Å²) in [7, 11) is 1.41. The van der Waals surface area contributed by atoms with Gasteiger partial charge in [-0.05, 0) is 48.9 Å². The van der Waals surface area contributed by atoms with Crippen molar-refractivity contribution in [1.82, 2.24) is 19.8 Å². The Morgan fingerprint density at radius 2 is 1.93 bits per heavy atom. The van der Waals surface area contributed by atoms with Crippen molar-refractivity contribution in [3.8, 4) is 11.5 Å². The standard InChI is InChI=1S/C32H39F3N4O5/c1-4-5-15-44-31(26-11-7-6-9-22(26)2)19-38(20-31)29(41)27(16-23-12-13-25(43-3)17-28(23)40)39(30(42)32(33,34)35)14-8-10-24-18-36-21-37-24/h6-7,9,11-13,17-18,21,27,40H,4-5,8,10,14-16,19-20H2,1-3H3,(H,36,37). The van der Waals surface area contributed by atoms with E-state index < -0.39 is 29.6 Å². The number of hydrogen-bond acceptors (Lipinski definition) is 6. The van der Waals surface area contributed by atoms with Crippen molar-refractivity contribution in [3.05, 3.63) is 77.4 Å². The Labute approximate surface area is 255 Å². The number of ether oxygens (including phenoxy) is 2. The summed E-state index contributed by atoms with van der Waals surface area (Å²) in [4.78, 5) is 35.9. The van der Waals surface area contributed by atoms with Crippen LogP contribution in [0.15, 0.2) is 55.0 Å². The number of methoxy groups -OCH3 is 1. The maximum Gasteiger partial charge on any atom is 0.471 e. The molecule has 2 heterocycles. The van der Waals surface area contributed by atoms with Gasteiger partial charge in [0.2, 0.25) is 5.91 Å². The minimum absolute atomic E-state index is 0.119. The first-order chi connectivity index (χ1) is 21.0. The smallest absolute Gasteiger partial charge is 0.471 e. The number of rotatable bonds is 14. The van der Waals surface area contributed by atoms with Gasteiger partial charge in [-0.2, -0.15) is 13.2 Å². The molecule has 2 N–H and O–H groups in total. The number of benzene rings is 2. The molecule has 4 rings (SSSR count). The molecule has 1 unspecified atom stereocenters. The minimum atomic E-state index is -5.21. The number of likely N-dealkylation sites (tertiary alicyclic amines) is 1. The van der Waals surface area contributed by atoms with E-state index in [0.29, 0.717) is 29.4 Å². The van der Waals surface area contributed by atoms with Gasteiger partial charge >= 0.3 is 12.1 Å². The molecule has 12 heteroatoms. The van der Waals surface area contributed by atoms with E-state index in [4.69, 9.17) is 9.47 Å². The second-order valence-corrected chi connectivity index (χ2v) is 11.1. The number of imidazole rings is 1. The molecule has 1 fully saturated rings. The Balaban J connectivity index is 1.66. The average Bonchev–Trinajstić information content (AvgIpc) is 3.49. The van der Waals surface area contributed by atoms with Crippen LogP contribution in [0.4, 0.5) is 13.2 Å². The number of carbonyl (C=O) groups excluding carboxylic acids is 2. The summed E-state index contributed by atoms with van der Waals surface area (Å²) >= 11 is 0. The molecule has 2 amide bonds. The summed E-state index contributed by atoms with van der Waals surface area (Å²) < 4.78 is 53.4. The van der Waals surface area contributed by atoms with Crippen molar-refractivity contribution in [1.29, 1.82) is 0 Å². The predicted octanol–water partition coefficient (Wildman–Crippen LogP) is 4.92. The lowest BCUT2D eigenvalue weighted by Gasteiger charge is -2.52. The van der Waals surface area contributed by atoms with E-state index in [2.05, 4.69) is 9.97 Å². The number of alkyl halides is 3. The van der Waals surface area contributed by atoms with Crippen LogP contribution in [0.1, 0.15) is 48.6 Å². The fourth-order valence-corrected chi connectivity index (χ4v) is 5.58. The molecule has 3 aromatic rings. The van der Waals surface area contributed by atoms with E-state index >= 15 is 0 Å². The lowest BCUT2D eigenvalue weighted by molar-refractivity contribution is -0.193. The van der Waals surface area contributed by atoms with Gasteiger partial charge in [-0.1, -0.05) is 43.7 Å². The Hall–Kier alpha value is -4.06. The van der Waals surface area contributed by atoms with Crippen LogP contribution in [0.2, 0.25) is 0 Å². The number of H-pyrrole nitrogens is 1. The first kappa shape index (κ1) is 32.8. The number of phenolic OH excluding ortho intramolecular Hbond substituents is 1. The van der Waals surface area contributed by atoms with Crippen LogP contribution in [0.25, 0.3) is 0 Å². The molecule has 1 atom stereocenters. The van der Waals surface area contributed by atoms with E-state index in [0.717, 1.165) is 24.0 Å². The highest BCUT2D eigenvalue weighted by atomic mass is 19.4. The minimum Gasteiger partial charge on any atom is -0.508 e. The molecule has 0 radical (unpaired) electrons. The van der Waals surface area contributed by atoms with Gasteiger partial charge < -0.3 is 29.4 Å². The fourth-order valence-electron chi connectivity index (χ4n) is 5.58. The van der Waals surface area contributed by atoms with Crippen LogP contribution in [0, 0.1) is 6.92 Å². The van der Waals surface area contributed by atoms with Gasteiger partial charge in [-0.25, -0.2) is 4.98 Å². The third-order valence-corrected chi connectivity index (χ3v) is 7.99. The normalized spacial score (nSPS) is 15.0. The highest BCUT2D eigenvalue weighted by Gasteiger charge is 2.52. The third-order valence-electron chi connectivity index (χ3n) is 7.99. The molecule has 0 bridgehead atoms. The molecule has 1 aromatic heterocycles. The first-order valence-corrected chi connectivity index (χ1v) is 14.7. The topological polar surface area (TPSA) is 108 Å². The fraction of sp³-hybridized carbons (Fsp3) is 0.469. The number of phenols is 1. The van der Waals surface area contributed by atoms with Gasteiger partial charge in [-0.3, -0.25) is 9.59 Å². The van der Waals surface area contributed by atoms with Gasteiger partial charge in [0.05, 0.1) is 26.5 Å². The molecule has 9 nitrogen and oxygen atoms in total. The summed E-state index contributed by atoms with van der Waals surface area (Å²) in [5, 5.41) is 10.7. The number of aryl methyl sites for hydroxylation is 2. The lowest BCUT2D eigenvalue weighted by atomic mass is 9.82. The van der Waals surface area contributed by atoms with Crippen molar-refractivity contribution in [3.63, 3.8) is 0 Å². The summed E-state index contributed by atoms with van der Waals surface area (Å²) in [5.41, 5.74) is 1.97. The zero-order valence-electron chi connectivity index (χ0n) is 25.2. The van der Waals surface area contributed by atoms with Crippen LogP contribution in [0.5, 0.6) is 11.5 Å². The van der Waals surface area contributed by atoms with E-state index in [9.17, 15) is 27.9 Å². The molecule has 1 saturated heterocycles. The van der Waals surface area contributed by atoms with Crippen molar-refractivity contribution in [2.24, 2.45) is 0 Å². The Morgan fingerprint density at radius 1 is 1.18 bits per heavy atom. The van der Waals surface area contributed by atoms with Gasteiger partial charge in [-0.15, -0.1) is 0 Å². The Bertz CT molecular complexity index is 1410. The van der Waals surface area contributed by atoms with E-state index in [1.807, 2.05) is 38.1 Å². The molecule has 0 spiro atoms. The number of hydrogen-bond donors (Lipinski definition) is 2. The SMILES string of the molecule is CCCCOC1(c2ccccc2C)CN(C(=O)C(Cc2ccc(OC)cc2O)N(CCCc2cnc[nH]2)C(=O)C(F)(F)F)C1. The van der Waals surface area contributed by atoms with E-state index in [1.54, 1.807) is 12.3 Å². The quantitative estimate of drug-likeness (QED) is 0.249. The average molecular weight is 617 g/mol. The van der Waals surface area contributed by atoms with Crippen molar-refractivity contribution < 1.29 is 37.3 Å². The number of aromatic nitrogens is 2. The lowest BCUT2D eigenvalue weighted by Crippen LogP contribution is -2.67. The van der Waals surface area contributed by atoms with E-state index in [-0.39, 0.29) is 43.8 Å². The highest BCUT2D eigenvalue weighted by Crippen LogP contribution is 2.39. The van der Waals surface area contributed by atoms with Gasteiger partial charge in [0.1, 0.15) is 23.1 Å². The number of aromatic amines is 1. The van der Waals surface area contributed by atoms with E-state index in [1.165, 1.54) is 30.5 Å². The number of carbonyl (C=O) groups is 2. The molecule has 0 aliphatic carbocycles. The number of unbranched alkanes of at least 4 members (excludes halogenated alkanes) is 1. The number of nitrogens with zero attached hydrogens (tertiary/aromatic N) is 3. The van der Waals surface area contributed by atoms with Crippen molar-refractivity contribution >= 4 is 11.8 Å². The number of halogens is 3. The summed E-state index contributed by atoms with van der Waals surface area (Å²) in [6.07, 6.45) is -0.337. The van der Waals surface area contributed by atoms with Gasteiger partial charge in [0.15, 0.2) is 0 Å². The van der Waals surface area contributed by atoms with Crippen LogP contribution in [0.3, 0.4) is 0 Å². The molecule has 238 valence electrons. The summed E-state index contributed by atoms with van der Waals surface area (Å²) in [5.74, 6) is -2.67. The second-order valence-electron chi connectivity index (χ2n) is 11.1. The zero-order chi connectivity index (χ0) is 31.9. The van der Waals surface area contributed by atoms with Crippen LogP contribution >= 0.6 is 0 Å². The van der Waals surface area contributed by atoms with Crippen LogP contribution < -0.4 is 4.74 Å². The first-order valence-electron chi connectivity index (χ1n) is 14.7. The maximum absolute atomic E-state index is 14.1. The van der Waals surface area contributed by atoms with Gasteiger partial charge in [0.25, 0.3) is 0 Å². The Kier molecular flexibility index (Phi) is 10.6. The highest BCUT2D eigenvalue weighted by molar-refractivity contribution is 5.91. The molecular formula is C32H39F3N4O5.